The van der Waals surface area contributed by atoms with Gasteiger partial charge in [0.1, 0.15) is 12.4 Å². The highest BCUT2D eigenvalue weighted by Crippen LogP contribution is 2.31. The molecule has 0 heterocycles. The van der Waals surface area contributed by atoms with Gasteiger partial charge in [-0.25, -0.2) is 0 Å². The van der Waals surface area contributed by atoms with Gasteiger partial charge in [-0.15, -0.1) is 0 Å². The highest BCUT2D eigenvalue weighted by molar-refractivity contribution is 6.32. The fourth-order valence-corrected chi connectivity index (χ4v) is 1.66. The number of ether oxygens (including phenoxy) is 1. The molecule has 1 aromatic carbocycles. The maximum atomic E-state index is 11.5. The summed E-state index contributed by atoms with van der Waals surface area (Å²) in [5, 5.41) is 9.38. The van der Waals surface area contributed by atoms with E-state index in [4.69, 9.17) is 21.4 Å². The van der Waals surface area contributed by atoms with E-state index in [0.717, 1.165) is 5.56 Å². The van der Waals surface area contributed by atoms with Gasteiger partial charge in [0, 0.05) is 5.02 Å². The van der Waals surface area contributed by atoms with Crippen LogP contribution in [0.25, 0.3) is 0 Å². The van der Waals surface area contributed by atoms with Crippen molar-refractivity contribution in [1.82, 2.24) is 0 Å². The lowest BCUT2D eigenvalue weighted by Gasteiger charge is -2.13. The standard InChI is InChI=1S/C11H13ClO3/c1-6-4-9(15-3)10(8(14)5-13)7(2)11(6)12/h4,13H,5H2,1-3H3. The summed E-state index contributed by atoms with van der Waals surface area (Å²) in [7, 11) is 1.48. The molecule has 0 amide bonds. The molecule has 0 fully saturated rings. The molecule has 82 valence electrons. The molecule has 0 unspecified atom stereocenters. The maximum absolute atomic E-state index is 11.5. The molecule has 0 radical (unpaired) electrons. The zero-order valence-electron chi connectivity index (χ0n) is 8.93. The number of halogens is 1. The molecule has 0 spiro atoms. The van der Waals surface area contributed by atoms with Crippen LogP contribution in [-0.2, 0) is 0 Å². The van der Waals surface area contributed by atoms with Crippen LogP contribution in [0.1, 0.15) is 21.5 Å². The fourth-order valence-electron chi connectivity index (χ4n) is 1.51. The lowest BCUT2D eigenvalue weighted by atomic mass is 10.0. The van der Waals surface area contributed by atoms with Gasteiger partial charge < -0.3 is 9.84 Å². The lowest BCUT2D eigenvalue weighted by molar-refractivity contribution is 0.0900. The van der Waals surface area contributed by atoms with Gasteiger partial charge in [0.15, 0.2) is 5.78 Å². The van der Waals surface area contributed by atoms with Crippen LogP contribution in [0.2, 0.25) is 5.02 Å². The first-order valence-corrected chi connectivity index (χ1v) is 4.88. The number of aliphatic hydroxyl groups is 1. The third-order valence-corrected chi connectivity index (χ3v) is 2.87. The van der Waals surface area contributed by atoms with E-state index in [0.29, 0.717) is 21.9 Å². The first-order valence-electron chi connectivity index (χ1n) is 4.50. The predicted octanol–water partition coefficient (Wildman–Crippen LogP) is 2.14. The number of Topliss-reactive ketones (excluding diaryl/α,β-unsaturated/α-hetero) is 1. The van der Waals surface area contributed by atoms with Crippen LogP contribution in [0, 0.1) is 13.8 Å². The molecule has 0 bridgehead atoms. The van der Waals surface area contributed by atoms with E-state index in [2.05, 4.69) is 0 Å². The van der Waals surface area contributed by atoms with Gasteiger partial charge in [-0.2, -0.15) is 0 Å². The Labute approximate surface area is 93.6 Å². The zero-order chi connectivity index (χ0) is 11.6. The molecule has 1 N–H and O–H groups in total. The summed E-state index contributed by atoms with van der Waals surface area (Å²) >= 11 is 6.02. The van der Waals surface area contributed by atoms with Crippen molar-refractivity contribution in [2.24, 2.45) is 0 Å². The molecule has 1 aromatic rings. The van der Waals surface area contributed by atoms with E-state index in [9.17, 15) is 4.79 Å². The van der Waals surface area contributed by atoms with Crippen LogP contribution in [0.5, 0.6) is 5.75 Å². The molecular weight excluding hydrogens is 216 g/mol. The van der Waals surface area contributed by atoms with E-state index < -0.39 is 6.61 Å². The summed E-state index contributed by atoms with van der Waals surface area (Å²) in [6.45, 7) is 3.03. The normalized spacial score (nSPS) is 10.2. The summed E-state index contributed by atoms with van der Waals surface area (Å²) in [6.07, 6.45) is 0. The quantitative estimate of drug-likeness (QED) is 0.807. The molecule has 0 atom stereocenters. The van der Waals surface area contributed by atoms with E-state index in [1.807, 2.05) is 6.92 Å². The van der Waals surface area contributed by atoms with E-state index in [-0.39, 0.29) is 5.78 Å². The smallest absolute Gasteiger partial charge is 0.192 e. The topological polar surface area (TPSA) is 46.5 Å². The third-order valence-electron chi connectivity index (χ3n) is 2.29. The SMILES string of the molecule is COc1cc(C)c(Cl)c(C)c1C(=O)CO. The minimum absolute atomic E-state index is 0.357. The second kappa shape index (κ2) is 4.64. The number of carbonyl (C=O) groups is 1. The van der Waals surface area contributed by atoms with Gasteiger partial charge in [-0.3, -0.25) is 4.79 Å². The number of benzene rings is 1. The molecular formula is C11H13ClO3. The molecule has 0 saturated carbocycles. The van der Waals surface area contributed by atoms with Crippen molar-refractivity contribution < 1.29 is 14.6 Å². The monoisotopic (exact) mass is 228 g/mol. The Bertz CT molecular complexity index is 399. The van der Waals surface area contributed by atoms with E-state index >= 15 is 0 Å². The Morgan fingerprint density at radius 2 is 2.13 bits per heavy atom. The van der Waals surface area contributed by atoms with Crippen LogP contribution in [0.15, 0.2) is 6.07 Å². The molecule has 0 saturated heterocycles. The molecule has 0 aliphatic heterocycles. The molecule has 15 heavy (non-hydrogen) atoms. The van der Waals surface area contributed by atoms with Gasteiger partial charge in [0.2, 0.25) is 0 Å². The average Bonchev–Trinajstić information content (AvgIpc) is 2.24. The number of hydrogen-bond acceptors (Lipinski definition) is 3. The lowest BCUT2D eigenvalue weighted by Crippen LogP contribution is -2.09. The average molecular weight is 229 g/mol. The van der Waals surface area contributed by atoms with Gasteiger partial charge >= 0.3 is 0 Å². The van der Waals surface area contributed by atoms with Crippen LogP contribution >= 0.6 is 11.6 Å². The van der Waals surface area contributed by atoms with Crippen molar-refractivity contribution in [1.29, 1.82) is 0 Å². The van der Waals surface area contributed by atoms with E-state index in [1.165, 1.54) is 7.11 Å². The van der Waals surface area contributed by atoms with Gasteiger partial charge in [-0.1, -0.05) is 11.6 Å². The Morgan fingerprint density at radius 3 is 2.60 bits per heavy atom. The first-order chi connectivity index (χ1) is 7.02. The second-order valence-electron chi connectivity index (χ2n) is 3.29. The Balaban J connectivity index is 3.47. The van der Waals surface area contributed by atoms with Crippen molar-refractivity contribution >= 4 is 17.4 Å². The highest BCUT2D eigenvalue weighted by atomic mass is 35.5. The predicted molar refractivity (Wildman–Crippen MR) is 58.9 cm³/mol. The minimum Gasteiger partial charge on any atom is -0.496 e. The van der Waals surface area contributed by atoms with Crippen LogP contribution in [0.3, 0.4) is 0 Å². The summed E-state index contributed by atoms with van der Waals surface area (Å²) < 4.78 is 5.09. The highest BCUT2D eigenvalue weighted by Gasteiger charge is 2.18. The molecule has 3 nitrogen and oxygen atoms in total. The van der Waals surface area contributed by atoms with Crippen LogP contribution in [-0.4, -0.2) is 24.6 Å². The van der Waals surface area contributed by atoms with Crippen molar-refractivity contribution in [3.05, 3.63) is 27.8 Å². The van der Waals surface area contributed by atoms with Gasteiger partial charge in [0.25, 0.3) is 0 Å². The Hall–Kier alpha value is -1.06. The fraction of sp³-hybridized carbons (Fsp3) is 0.364. The van der Waals surface area contributed by atoms with Crippen molar-refractivity contribution in [3.8, 4) is 5.75 Å². The van der Waals surface area contributed by atoms with Crippen molar-refractivity contribution in [3.63, 3.8) is 0 Å². The van der Waals surface area contributed by atoms with Crippen LogP contribution < -0.4 is 4.74 Å². The van der Waals surface area contributed by atoms with Crippen molar-refractivity contribution in [2.75, 3.05) is 13.7 Å². The van der Waals surface area contributed by atoms with Crippen molar-refractivity contribution in [2.45, 2.75) is 13.8 Å². The minimum atomic E-state index is -0.545. The number of rotatable bonds is 3. The summed E-state index contributed by atoms with van der Waals surface area (Å²) in [5.41, 5.74) is 1.85. The third kappa shape index (κ3) is 2.13. The Morgan fingerprint density at radius 1 is 1.53 bits per heavy atom. The number of hydrogen-bond donors (Lipinski definition) is 1. The number of methoxy groups -OCH3 is 1. The van der Waals surface area contributed by atoms with Crippen LogP contribution in [0.4, 0.5) is 0 Å². The largest absolute Gasteiger partial charge is 0.496 e. The van der Waals surface area contributed by atoms with E-state index in [1.54, 1.807) is 13.0 Å². The molecule has 0 aliphatic carbocycles. The summed E-state index contributed by atoms with van der Waals surface area (Å²) in [6, 6.07) is 1.69. The zero-order valence-corrected chi connectivity index (χ0v) is 9.68. The number of carbonyl (C=O) groups excluding carboxylic acids is 1. The maximum Gasteiger partial charge on any atom is 0.192 e. The number of aryl methyl sites for hydroxylation is 1. The van der Waals surface area contributed by atoms with Gasteiger partial charge in [-0.05, 0) is 31.0 Å². The molecule has 4 heteroatoms. The van der Waals surface area contributed by atoms with Gasteiger partial charge in [0.05, 0.1) is 12.7 Å². The second-order valence-corrected chi connectivity index (χ2v) is 3.67. The Kier molecular flexibility index (Phi) is 3.72. The number of aliphatic hydroxyl groups excluding tert-OH is 1. The molecule has 0 aromatic heterocycles. The molecule has 1 rings (SSSR count). The summed E-state index contributed by atoms with van der Waals surface area (Å²) in [4.78, 5) is 11.5. The first kappa shape index (κ1) is 12.0. The number of ketones is 1. The molecule has 0 aliphatic rings. The summed E-state index contributed by atoms with van der Waals surface area (Å²) in [5.74, 6) is 0.0692.